The molecule has 0 aliphatic carbocycles. The molecule has 3 aromatic rings. The fraction of sp³-hybridized carbons (Fsp3) is 0.478. The second-order valence-electron chi connectivity index (χ2n) is 8.73. The summed E-state index contributed by atoms with van der Waals surface area (Å²) in [5.74, 6) is 0.970. The van der Waals surface area contributed by atoms with Gasteiger partial charge in [0, 0.05) is 50.8 Å². The van der Waals surface area contributed by atoms with Crippen molar-refractivity contribution in [2.45, 2.75) is 33.7 Å². The van der Waals surface area contributed by atoms with Crippen molar-refractivity contribution in [2.24, 2.45) is 5.92 Å². The zero-order valence-corrected chi connectivity index (χ0v) is 19.0. The first kappa shape index (κ1) is 21.9. The Bertz CT molecular complexity index is 1130. The molecule has 1 saturated heterocycles. The van der Waals surface area contributed by atoms with Crippen LogP contribution in [0.1, 0.15) is 25.8 Å². The normalized spacial score (nSPS) is 14.4. The highest BCUT2D eigenvalue weighted by Crippen LogP contribution is 2.21. The Morgan fingerprint density at radius 3 is 2.47 bits per heavy atom. The van der Waals surface area contributed by atoms with Crippen LogP contribution in [0.15, 0.2) is 41.5 Å². The van der Waals surface area contributed by atoms with E-state index in [2.05, 4.69) is 70.2 Å². The summed E-state index contributed by atoms with van der Waals surface area (Å²) in [5, 5.41) is 7.30. The highest BCUT2D eigenvalue weighted by molar-refractivity contribution is 5.75. The van der Waals surface area contributed by atoms with Crippen LogP contribution in [0.25, 0.3) is 5.65 Å². The summed E-state index contributed by atoms with van der Waals surface area (Å²) in [6.45, 7) is 10.1. The van der Waals surface area contributed by atoms with E-state index in [4.69, 9.17) is 0 Å². The second kappa shape index (κ2) is 9.42. The third-order valence-electron chi connectivity index (χ3n) is 5.80. The highest BCUT2D eigenvalue weighted by Gasteiger charge is 2.22. The fourth-order valence-electron chi connectivity index (χ4n) is 3.89. The molecule has 9 nitrogen and oxygen atoms in total. The van der Waals surface area contributed by atoms with E-state index >= 15 is 0 Å². The lowest BCUT2D eigenvalue weighted by Crippen LogP contribution is -2.47. The number of anilines is 2. The summed E-state index contributed by atoms with van der Waals surface area (Å²) in [7, 11) is 0. The monoisotopic (exact) mass is 437 g/mol. The van der Waals surface area contributed by atoms with Gasteiger partial charge in [0.25, 0.3) is 0 Å². The number of hydrogen-bond donors (Lipinski definition) is 1. The van der Waals surface area contributed by atoms with Crippen molar-refractivity contribution in [1.29, 1.82) is 0 Å². The molecule has 1 amide bonds. The summed E-state index contributed by atoms with van der Waals surface area (Å²) in [6.07, 6.45) is 4.11. The first-order chi connectivity index (χ1) is 15.4. The maximum Gasteiger partial charge on any atom is 0.350 e. The molecule has 9 heteroatoms. The van der Waals surface area contributed by atoms with Crippen molar-refractivity contribution in [1.82, 2.24) is 24.5 Å². The Morgan fingerprint density at radius 1 is 1.09 bits per heavy atom. The number of nitrogens with zero attached hydrogens (tertiary/aromatic N) is 6. The number of nitrogens with one attached hydrogen (secondary N) is 1. The number of hydrogen-bond acceptors (Lipinski definition) is 6. The summed E-state index contributed by atoms with van der Waals surface area (Å²) in [6, 6.07) is 8.55. The van der Waals surface area contributed by atoms with Crippen molar-refractivity contribution in [3.8, 4) is 0 Å². The van der Waals surface area contributed by atoms with Gasteiger partial charge in [0.1, 0.15) is 6.54 Å². The number of fused-ring (bicyclic) bond motifs is 1. The molecule has 0 saturated carbocycles. The molecule has 2 aromatic heterocycles. The van der Waals surface area contributed by atoms with Crippen molar-refractivity contribution in [2.75, 3.05) is 42.5 Å². The van der Waals surface area contributed by atoms with Gasteiger partial charge in [0.05, 0.1) is 0 Å². The van der Waals surface area contributed by atoms with Gasteiger partial charge in [-0.3, -0.25) is 4.79 Å². The maximum atomic E-state index is 12.8. The number of aryl methyl sites for hydroxylation is 1. The van der Waals surface area contributed by atoms with E-state index in [1.54, 1.807) is 12.4 Å². The molecule has 0 atom stereocenters. The van der Waals surface area contributed by atoms with Gasteiger partial charge in [-0.25, -0.2) is 18.9 Å². The molecule has 0 spiro atoms. The molecule has 4 rings (SSSR count). The molecule has 3 heterocycles. The third kappa shape index (κ3) is 4.76. The van der Waals surface area contributed by atoms with Crippen LogP contribution in [0, 0.1) is 12.8 Å². The van der Waals surface area contributed by atoms with E-state index in [0.717, 1.165) is 32.6 Å². The number of carbonyl (C=O) groups is 1. The van der Waals surface area contributed by atoms with Gasteiger partial charge in [-0.1, -0.05) is 31.5 Å². The fourth-order valence-corrected chi connectivity index (χ4v) is 3.89. The number of benzene rings is 1. The smallest absolute Gasteiger partial charge is 0.350 e. The first-order valence-electron chi connectivity index (χ1n) is 11.2. The average molecular weight is 438 g/mol. The van der Waals surface area contributed by atoms with Gasteiger partial charge in [-0.05, 0) is 31.4 Å². The number of carbonyl (C=O) groups excluding carboxylic acids is 1. The Kier molecular flexibility index (Phi) is 6.43. The number of amides is 1. The molecule has 1 aliphatic rings. The van der Waals surface area contributed by atoms with Crippen molar-refractivity contribution in [3.05, 3.63) is 52.7 Å². The molecule has 32 heavy (non-hydrogen) atoms. The van der Waals surface area contributed by atoms with E-state index in [1.165, 1.54) is 20.3 Å². The van der Waals surface area contributed by atoms with Gasteiger partial charge >= 0.3 is 5.69 Å². The molecule has 0 radical (unpaired) electrons. The summed E-state index contributed by atoms with van der Waals surface area (Å²) < 4.78 is 2.68. The largest absolute Gasteiger partial charge is 0.368 e. The number of piperazine rings is 1. The molecule has 0 unspecified atom stereocenters. The Labute approximate surface area is 187 Å². The van der Waals surface area contributed by atoms with E-state index in [0.29, 0.717) is 23.9 Å². The van der Waals surface area contributed by atoms with E-state index in [-0.39, 0.29) is 18.1 Å². The lowest BCUT2D eigenvalue weighted by Gasteiger charge is -2.36. The SMILES string of the molecule is Cc1ccc(N2CCN(c3nccn4c(=O)n(CC(=O)NCCC(C)C)nc34)CC2)cc1. The third-order valence-corrected chi connectivity index (χ3v) is 5.80. The van der Waals surface area contributed by atoms with Crippen LogP contribution in [0.5, 0.6) is 0 Å². The van der Waals surface area contributed by atoms with Gasteiger partial charge in [-0.15, -0.1) is 5.10 Å². The van der Waals surface area contributed by atoms with Crippen LogP contribution in [-0.4, -0.2) is 57.8 Å². The highest BCUT2D eigenvalue weighted by atomic mass is 16.2. The van der Waals surface area contributed by atoms with Crippen LogP contribution in [0.3, 0.4) is 0 Å². The predicted molar refractivity (Wildman–Crippen MR) is 125 cm³/mol. The van der Waals surface area contributed by atoms with Crippen LogP contribution < -0.4 is 20.8 Å². The average Bonchev–Trinajstić information content (AvgIpc) is 3.09. The number of aromatic nitrogens is 4. The standard InChI is InChI=1S/C23H31N7O2/c1-17(2)8-9-24-20(31)16-30-23(32)29-11-10-25-21(22(29)26-30)28-14-12-27(13-15-28)19-6-4-18(3)5-7-19/h4-7,10-11,17H,8-9,12-16H2,1-3H3,(H,24,31). The first-order valence-corrected chi connectivity index (χ1v) is 11.2. The summed E-state index contributed by atoms with van der Waals surface area (Å²) >= 11 is 0. The number of rotatable bonds is 7. The summed E-state index contributed by atoms with van der Waals surface area (Å²) in [4.78, 5) is 34.0. The molecule has 1 N–H and O–H groups in total. The van der Waals surface area contributed by atoms with Gasteiger partial charge < -0.3 is 15.1 Å². The van der Waals surface area contributed by atoms with E-state index in [1.807, 2.05) is 0 Å². The van der Waals surface area contributed by atoms with Crippen molar-refractivity contribution < 1.29 is 4.79 Å². The Morgan fingerprint density at radius 2 is 1.78 bits per heavy atom. The molecule has 0 bridgehead atoms. The summed E-state index contributed by atoms with van der Waals surface area (Å²) in [5.41, 5.74) is 2.61. The topological polar surface area (TPSA) is 87.8 Å². The van der Waals surface area contributed by atoms with E-state index < -0.39 is 0 Å². The van der Waals surface area contributed by atoms with Gasteiger partial charge in [0.15, 0.2) is 5.82 Å². The second-order valence-corrected chi connectivity index (χ2v) is 8.73. The Balaban J connectivity index is 1.47. The van der Waals surface area contributed by atoms with Crippen LogP contribution in [0.4, 0.5) is 11.5 Å². The van der Waals surface area contributed by atoms with Gasteiger partial charge in [-0.2, -0.15) is 0 Å². The zero-order valence-electron chi connectivity index (χ0n) is 19.0. The van der Waals surface area contributed by atoms with Crippen LogP contribution in [-0.2, 0) is 11.3 Å². The molecule has 1 aromatic carbocycles. The van der Waals surface area contributed by atoms with Crippen LogP contribution >= 0.6 is 0 Å². The Hall–Kier alpha value is -3.36. The molecule has 1 aliphatic heterocycles. The lowest BCUT2D eigenvalue weighted by molar-refractivity contribution is -0.121. The molecule has 170 valence electrons. The van der Waals surface area contributed by atoms with E-state index in [9.17, 15) is 9.59 Å². The van der Waals surface area contributed by atoms with Crippen LogP contribution in [0.2, 0.25) is 0 Å². The quantitative estimate of drug-likeness (QED) is 0.605. The van der Waals surface area contributed by atoms with Crippen molar-refractivity contribution in [3.63, 3.8) is 0 Å². The lowest BCUT2D eigenvalue weighted by atomic mass is 10.1. The minimum absolute atomic E-state index is 0.0980. The molecular formula is C23H31N7O2. The van der Waals surface area contributed by atoms with Crippen molar-refractivity contribution >= 4 is 23.1 Å². The molecule has 1 fully saturated rings. The minimum Gasteiger partial charge on any atom is -0.368 e. The minimum atomic E-state index is -0.332. The molecular weight excluding hydrogens is 406 g/mol. The zero-order chi connectivity index (χ0) is 22.7. The predicted octanol–water partition coefficient (Wildman–Crippen LogP) is 1.69. The maximum absolute atomic E-state index is 12.8. The van der Waals surface area contributed by atoms with Gasteiger partial charge in [0.2, 0.25) is 11.6 Å².